The first-order valence-electron chi connectivity index (χ1n) is 3.79. The fourth-order valence-corrected chi connectivity index (χ4v) is 0.943. The van der Waals surface area contributed by atoms with Gasteiger partial charge < -0.3 is 9.84 Å². The number of ether oxygens (including phenoxy) is 1. The van der Waals surface area contributed by atoms with Crippen molar-refractivity contribution in [2.75, 3.05) is 0 Å². The SMILES string of the molecule is CC(=O)Oc1cc(C)c(O)c(F)c1F. The number of phenolic OH excluding ortho intramolecular Hbond substituents is 1. The minimum absolute atomic E-state index is 0.0974. The van der Waals surface area contributed by atoms with Crippen LogP contribution in [0.5, 0.6) is 11.5 Å². The van der Waals surface area contributed by atoms with Crippen LogP contribution in [0.15, 0.2) is 6.07 Å². The lowest BCUT2D eigenvalue weighted by atomic mass is 10.2. The first-order valence-corrected chi connectivity index (χ1v) is 3.79. The van der Waals surface area contributed by atoms with Crippen LogP contribution in [-0.2, 0) is 4.79 Å². The van der Waals surface area contributed by atoms with Crippen molar-refractivity contribution in [2.45, 2.75) is 13.8 Å². The number of carbonyl (C=O) groups excluding carboxylic acids is 1. The number of aryl methyl sites for hydroxylation is 1. The van der Waals surface area contributed by atoms with Crippen LogP contribution in [0.4, 0.5) is 8.78 Å². The van der Waals surface area contributed by atoms with Crippen LogP contribution < -0.4 is 4.74 Å². The van der Waals surface area contributed by atoms with Crippen LogP contribution in [0.2, 0.25) is 0 Å². The normalized spacial score (nSPS) is 10.0. The van der Waals surface area contributed by atoms with Gasteiger partial charge in [-0.15, -0.1) is 0 Å². The average Bonchev–Trinajstić information content (AvgIpc) is 2.10. The molecule has 0 aromatic heterocycles. The molecule has 3 nitrogen and oxygen atoms in total. The molecule has 0 spiro atoms. The molecule has 14 heavy (non-hydrogen) atoms. The minimum Gasteiger partial charge on any atom is -0.505 e. The summed E-state index contributed by atoms with van der Waals surface area (Å²) in [4.78, 5) is 10.5. The second-order valence-corrected chi connectivity index (χ2v) is 2.76. The number of hydrogen-bond acceptors (Lipinski definition) is 3. The summed E-state index contributed by atoms with van der Waals surface area (Å²) in [5, 5.41) is 8.99. The summed E-state index contributed by atoms with van der Waals surface area (Å²) in [6, 6.07) is 1.05. The topological polar surface area (TPSA) is 46.5 Å². The van der Waals surface area contributed by atoms with Crippen molar-refractivity contribution in [2.24, 2.45) is 0 Å². The molecule has 0 unspecified atom stereocenters. The van der Waals surface area contributed by atoms with E-state index in [-0.39, 0.29) is 5.56 Å². The lowest BCUT2D eigenvalue weighted by molar-refractivity contribution is -0.132. The van der Waals surface area contributed by atoms with Crippen LogP contribution >= 0.6 is 0 Å². The van der Waals surface area contributed by atoms with Gasteiger partial charge in [-0.25, -0.2) is 0 Å². The summed E-state index contributed by atoms with van der Waals surface area (Å²) < 4.78 is 30.3. The zero-order valence-electron chi connectivity index (χ0n) is 7.60. The lowest BCUT2D eigenvalue weighted by Crippen LogP contribution is -2.05. The van der Waals surface area contributed by atoms with Crippen molar-refractivity contribution in [3.05, 3.63) is 23.3 Å². The first kappa shape index (κ1) is 10.4. The molecule has 0 amide bonds. The van der Waals surface area contributed by atoms with Gasteiger partial charge >= 0.3 is 5.97 Å². The van der Waals surface area contributed by atoms with Crippen LogP contribution in [0, 0.1) is 18.6 Å². The Morgan fingerprint density at radius 1 is 1.43 bits per heavy atom. The molecule has 0 atom stereocenters. The second kappa shape index (κ2) is 3.61. The Kier molecular flexibility index (Phi) is 2.69. The van der Waals surface area contributed by atoms with Gasteiger partial charge in [0.2, 0.25) is 11.6 Å². The van der Waals surface area contributed by atoms with E-state index < -0.39 is 29.1 Å². The third-order valence-corrected chi connectivity index (χ3v) is 1.59. The highest BCUT2D eigenvalue weighted by molar-refractivity contribution is 5.69. The third-order valence-electron chi connectivity index (χ3n) is 1.59. The zero-order valence-corrected chi connectivity index (χ0v) is 7.60. The van der Waals surface area contributed by atoms with Crippen molar-refractivity contribution in [1.29, 1.82) is 0 Å². The molecule has 0 fully saturated rings. The molecule has 1 aromatic carbocycles. The summed E-state index contributed by atoms with van der Waals surface area (Å²) >= 11 is 0. The smallest absolute Gasteiger partial charge is 0.308 e. The Bertz CT molecular complexity index is 388. The highest BCUT2D eigenvalue weighted by Crippen LogP contribution is 2.30. The maximum absolute atomic E-state index is 13.0. The average molecular weight is 202 g/mol. The van der Waals surface area contributed by atoms with Crippen molar-refractivity contribution in [3.8, 4) is 11.5 Å². The minimum atomic E-state index is -1.42. The maximum atomic E-state index is 13.0. The molecule has 1 rings (SSSR count). The van der Waals surface area contributed by atoms with E-state index in [2.05, 4.69) is 4.74 Å². The maximum Gasteiger partial charge on any atom is 0.308 e. The molecule has 0 saturated heterocycles. The van der Waals surface area contributed by atoms with E-state index in [0.29, 0.717) is 0 Å². The van der Waals surface area contributed by atoms with Crippen LogP contribution in [-0.4, -0.2) is 11.1 Å². The van der Waals surface area contributed by atoms with Gasteiger partial charge in [0.15, 0.2) is 11.5 Å². The predicted molar refractivity (Wildman–Crippen MR) is 44.1 cm³/mol. The predicted octanol–water partition coefficient (Wildman–Crippen LogP) is 1.90. The number of esters is 1. The molecule has 1 N–H and O–H groups in total. The molecule has 0 aliphatic rings. The van der Waals surface area contributed by atoms with E-state index in [1.165, 1.54) is 6.92 Å². The van der Waals surface area contributed by atoms with Crippen LogP contribution in [0.3, 0.4) is 0 Å². The van der Waals surface area contributed by atoms with E-state index in [1.807, 2.05) is 0 Å². The number of halogens is 2. The van der Waals surface area contributed by atoms with Gasteiger partial charge in [0.25, 0.3) is 0 Å². The summed E-state index contributed by atoms with van der Waals surface area (Å²) in [5.41, 5.74) is 0.0974. The van der Waals surface area contributed by atoms with Gasteiger partial charge in [-0.1, -0.05) is 0 Å². The van der Waals surface area contributed by atoms with Gasteiger partial charge in [0.1, 0.15) is 0 Å². The van der Waals surface area contributed by atoms with E-state index in [9.17, 15) is 13.6 Å². The monoisotopic (exact) mass is 202 g/mol. The summed E-state index contributed by atoms with van der Waals surface area (Å²) in [6.07, 6.45) is 0. The molecular weight excluding hydrogens is 194 g/mol. The molecular formula is C9H8F2O3. The number of phenols is 1. The Hall–Kier alpha value is -1.65. The summed E-state index contributed by atoms with van der Waals surface area (Å²) in [6.45, 7) is 2.43. The standard InChI is InChI=1S/C9H8F2O3/c1-4-3-6(14-5(2)12)7(10)8(11)9(4)13/h3,13H,1-2H3. The summed E-state index contributed by atoms with van der Waals surface area (Å²) in [7, 11) is 0. The van der Waals surface area contributed by atoms with Gasteiger partial charge in [-0.05, 0) is 18.6 Å². The number of benzene rings is 1. The van der Waals surface area contributed by atoms with E-state index in [4.69, 9.17) is 5.11 Å². The molecule has 0 aliphatic heterocycles. The van der Waals surface area contributed by atoms with Gasteiger partial charge in [0, 0.05) is 6.92 Å². The number of aromatic hydroxyl groups is 1. The zero-order chi connectivity index (χ0) is 10.9. The second-order valence-electron chi connectivity index (χ2n) is 2.76. The van der Waals surface area contributed by atoms with Crippen molar-refractivity contribution < 1.29 is 23.4 Å². The van der Waals surface area contributed by atoms with Crippen LogP contribution in [0.1, 0.15) is 12.5 Å². The quantitative estimate of drug-likeness (QED) is 0.558. The molecule has 0 aliphatic carbocycles. The fraction of sp³-hybridized carbons (Fsp3) is 0.222. The van der Waals surface area contributed by atoms with E-state index in [0.717, 1.165) is 13.0 Å². The molecule has 0 saturated carbocycles. The molecule has 0 heterocycles. The highest BCUT2D eigenvalue weighted by Gasteiger charge is 2.17. The van der Waals surface area contributed by atoms with Crippen molar-refractivity contribution >= 4 is 5.97 Å². The molecule has 5 heteroatoms. The Morgan fingerprint density at radius 3 is 2.50 bits per heavy atom. The van der Waals surface area contributed by atoms with Gasteiger partial charge in [-0.3, -0.25) is 4.79 Å². The lowest BCUT2D eigenvalue weighted by Gasteiger charge is -2.06. The van der Waals surface area contributed by atoms with E-state index in [1.54, 1.807) is 0 Å². The fourth-order valence-electron chi connectivity index (χ4n) is 0.943. The van der Waals surface area contributed by atoms with Crippen molar-refractivity contribution in [3.63, 3.8) is 0 Å². The Morgan fingerprint density at radius 2 is 2.00 bits per heavy atom. The highest BCUT2D eigenvalue weighted by atomic mass is 19.2. The Balaban J connectivity index is 3.25. The molecule has 0 radical (unpaired) electrons. The molecule has 1 aromatic rings. The Labute approximate surface area is 78.9 Å². The molecule has 76 valence electrons. The third kappa shape index (κ3) is 1.81. The number of carbonyl (C=O) groups is 1. The van der Waals surface area contributed by atoms with E-state index >= 15 is 0 Å². The number of hydrogen-bond donors (Lipinski definition) is 1. The largest absolute Gasteiger partial charge is 0.505 e. The van der Waals surface area contributed by atoms with Crippen molar-refractivity contribution in [1.82, 2.24) is 0 Å². The molecule has 0 bridgehead atoms. The summed E-state index contributed by atoms with van der Waals surface area (Å²) in [5.74, 6) is -4.85. The first-order chi connectivity index (χ1) is 6.43. The number of rotatable bonds is 1. The van der Waals surface area contributed by atoms with Gasteiger partial charge in [0.05, 0.1) is 0 Å². The van der Waals surface area contributed by atoms with Gasteiger partial charge in [-0.2, -0.15) is 8.78 Å². The van der Waals surface area contributed by atoms with Crippen LogP contribution in [0.25, 0.3) is 0 Å².